The van der Waals surface area contributed by atoms with Crippen molar-refractivity contribution in [2.45, 2.75) is 69.7 Å². The molecule has 1 saturated carbocycles. The molecule has 1 aromatic heterocycles. The van der Waals surface area contributed by atoms with Crippen LogP contribution in [0.25, 0.3) is 0 Å². The lowest BCUT2D eigenvalue weighted by molar-refractivity contribution is 0.0931. The van der Waals surface area contributed by atoms with Crippen LogP contribution in [-0.4, -0.2) is 52.3 Å². The van der Waals surface area contributed by atoms with Crippen LogP contribution in [0.3, 0.4) is 0 Å². The topological polar surface area (TPSA) is 77.5 Å². The molecule has 0 bridgehead atoms. The number of nitrogens with zero attached hydrogens (tertiary/aromatic N) is 2. The van der Waals surface area contributed by atoms with Gasteiger partial charge in [0, 0.05) is 37.6 Å². The molecule has 0 unspecified atom stereocenters. The van der Waals surface area contributed by atoms with E-state index in [0.717, 1.165) is 51.6 Å². The molecule has 1 saturated heterocycles. The number of amides is 2. The molecule has 0 spiro atoms. The van der Waals surface area contributed by atoms with E-state index in [1.165, 1.54) is 5.56 Å². The van der Waals surface area contributed by atoms with Crippen LogP contribution in [0.1, 0.15) is 57.1 Å². The third-order valence-electron chi connectivity index (χ3n) is 5.65. The van der Waals surface area contributed by atoms with Crippen molar-refractivity contribution >= 4 is 6.03 Å². The molecule has 3 N–H and O–H groups in total. The average Bonchev–Trinajstić information content (AvgIpc) is 2.64. The summed E-state index contributed by atoms with van der Waals surface area (Å²) in [6.45, 7) is 4.17. The van der Waals surface area contributed by atoms with Gasteiger partial charge in [0.05, 0.1) is 12.1 Å². The zero-order chi connectivity index (χ0) is 17.6. The molecule has 6 heteroatoms. The van der Waals surface area contributed by atoms with Crippen LogP contribution in [0.2, 0.25) is 0 Å². The Hall–Kier alpha value is -1.66. The number of nitrogens with one attached hydrogen (secondary N) is 2. The van der Waals surface area contributed by atoms with Crippen molar-refractivity contribution in [2.75, 3.05) is 13.1 Å². The minimum absolute atomic E-state index is 0.0967. The number of urea groups is 1. The summed E-state index contributed by atoms with van der Waals surface area (Å²) in [7, 11) is 0. The second-order valence-corrected chi connectivity index (χ2v) is 7.34. The lowest BCUT2D eigenvalue weighted by atomic mass is 9.93. The molecular formula is C19H30N4O2. The number of pyridine rings is 1. The summed E-state index contributed by atoms with van der Waals surface area (Å²) < 4.78 is 0. The van der Waals surface area contributed by atoms with E-state index in [1.807, 2.05) is 12.4 Å². The summed E-state index contributed by atoms with van der Waals surface area (Å²) >= 11 is 0. The molecule has 138 valence electrons. The Kier molecular flexibility index (Phi) is 6.26. The third kappa shape index (κ3) is 4.92. The number of hydrogen-bond acceptors (Lipinski definition) is 4. The molecule has 3 rings (SSSR count). The van der Waals surface area contributed by atoms with Crippen LogP contribution in [0.15, 0.2) is 24.5 Å². The van der Waals surface area contributed by atoms with Crippen molar-refractivity contribution in [1.82, 2.24) is 20.5 Å². The highest BCUT2D eigenvalue weighted by atomic mass is 16.3. The van der Waals surface area contributed by atoms with Crippen molar-refractivity contribution in [3.8, 4) is 0 Å². The molecule has 25 heavy (non-hydrogen) atoms. The molecule has 1 aliphatic heterocycles. The molecular weight excluding hydrogens is 316 g/mol. The summed E-state index contributed by atoms with van der Waals surface area (Å²) in [5, 5.41) is 16.0. The predicted octanol–water partition coefficient (Wildman–Crippen LogP) is 2.21. The molecule has 3 atom stereocenters. The quantitative estimate of drug-likeness (QED) is 0.781. The first kappa shape index (κ1) is 18.1. The SMILES string of the molecule is C[C@H](c1ccncc1)N1CCC(NC(=O)N[C@H]2CCCC[C@H]2O)CC1. The van der Waals surface area contributed by atoms with Crippen molar-refractivity contribution in [3.05, 3.63) is 30.1 Å². The minimum Gasteiger partial charge on any atom is -0.391 e. The highest BCUT2D eigenvalue weighted by molar-refractivity contribution is 5.74. The van der Waals surface area contributed by atoms with E-state index in [2.05, 4.69) is 39.6 Å². The average molecular weight is 346 g/mol. The fourth-order valence-electron chi connectivity index (χ4n) is 3.96. The van der Waals surface area contributed by atoms with Gasteiger partial charge in [0.15, 0.2) is 0 Å². The molecule has 0 radical (unpaired) electrons. The van der Waals surface area contributed by atoms with E-state index in [4.69, 9.17) is 0 Å². The number of aromatic nitrogens is 1. The van der Waals surface area contributed by atoms with Crippen LogP contribution in [-0.2, 0) is 0 Å². The number of piperidine rings is 1. The van der Waals surface area contributed by atoms with Crippen LogP contribution in [0.4, 0.5) is 4.79 Å². The van der Waals surface area contributed by atoms with E-state index in [9.17, 15) is 9.90 Å². The summed E-state index contributed by atoms with van der Waals surface area (Å²) in [6.07, 6.45) is 8.97. The van der Waals surface area contributed by atoms with E-state index in [1.54, 1.807) is 0 Å². The summed E-state index contributed by atoms with van der Waals surface area (Å²) in [6, 6.07) is 4.49. The monoisotopic (exact) mass is 346 g/mol. The Morgan fingerprint density at radius 3 is 2.52 bits per heavy atom. The fourth-order valence-corrected chi connectivity index (χ4v) is 3.96. The number of likely N-dealkylation sites (tertiary alicyclic amines) is 1. The largest absolute Gasteiger partial charge is 0.391 e. The van der Waals surface area contributed by atoms with Gasteiger partial charge in [-0.05, 0) is 50.3 Å². The smallest absolute Gasteiger partial charge is 0.315 e. The molecule has 2 amide bonds. The maximum atomic E-state index is 12.2. The highest BCUT2D eigenvalue weighted by Crippen LogP contribution is 2.24. The van der Waals surface area contributed by atoms with Crippen molar-refractivity contribution in [2.24, 2.45) is 0 Å². The van der Waals surface area contributed by atoms with Gasteiger partial charge in [-0.2, -0.15) is 0 Å². The Morgan fingerprint density at radius 1 is 1.16 bits per heavy atom. The Morgan fingerprint density at radius 2 is 1.84 bits per heavy atom. The first-order valence-electron chi connectivity index (χ1n) is 9.52. The Balaban J connectivity index is 1.42. The van der Waals surface area contributed by atoms with Gasteiger partial charge in [-0.1, -0.05) is 12.8 Å². The number of rotatable bonds is 4. The standard InChI is InChI=1S/C19H30N4O2/c1-14(15-6-10-20-11-7-15)23-12-8-16(9-13-23)21-19(25)22-17-4-2-3-5-18(17)24/h6-7,10-11,14,16-18,24H,2-5,8-9,12-13H2,1H3,(H2,21,22,25)/t14-,17+,18-/m1/s1. The van der Waals surface area contributed by atoms with Crippen LogP contribution < -0.4 is 10.6 Å². The number of carbonyl (C=O) groups excluding carboxylic acids is 1. The number of aliphatic hydroxyl groups is 1. The number of carbonyl (C=O) groups is 1. The normalized spacial score (nSPS) is 26.8. The van der Waals surface area contributed by atoms with E-state index in [0.29, 0.717) is 6.04 Å². The molecule has 0 aromatic carbocycles. The zero-order valence-electron chi connectivity index (χ0n) is 15.0. The molecule has 2 fully saturated rings. The van der Waals surface area contributed by atoms with Crippen LogP contribution in [0, 0.1) is 0 Å². The van der Waals surface area contributed by atoms with Crippen molar-refractivity contribution < 1.29 is 9.90 Å². The maximum absolute atomic E-state index is 12.2. The summed E-state index contributed by atoms with van der Waals surface area (Å²) in [5.41, 5.74) is 1.28. The van der Waals surface area contributed by atoms with Gasteiger partial charge in [0.2, 0.25) is 0 Å². The number of hydrogen-bond donors (Lipinski definition) is 3. The van der Waals surface area contributed by atoms with Gasteiger partial charge in [0.25, 0.3) is 0 Å². The van der Waals surface area contributed by atoms with Crippen LogP contribution in [0.5, 0.6) is 0 Å². The van der Waals surface area contributed by atoms with Gasteiger partial charge in [-0.3, -0.25) is 9.88 Å². The molecule has 1 aromatic rings. The van der Waals surface area contributed by atoms with Gasteiger partial charge >= 0.3 is 6.03 Å². The third-order valence-corrected chi connectivity index (χ3v) is 5.65. The highest BCUT2D eigenvalue weighted by Gasteiger charge is 2.27. The van der Waals surface area contributed by atoms with Gasteiger partial charge in [-0.25, -0.2) is 4.79 Å². The van der Waals surface area contributed by atoms with Crippen molar-refractivity contribution in [3.63, 3.8) is 0 Å². The Bertz CT molecular complexity index is 546. The molecule has 2 aliphatic rings. The summed E-state index contributed by atoms with van der Waals surface area (Å²) in [4.78, 5) is 18.7. The second kappa shape index (κ2) is 8.63. The first-order valence-corrected chi connectivity index (χ1v) is 9.52. The van der Waals surface area contributed by atoms with Crippen molar-refractivity contribution in [1.29, 1.82) is 0 Å². The summed E-state index contributed by atoms with van der Waals surface area (Å²) in [5.74, 6) is 0. The second-order valence-electron chi connectivity index (χ2n) is 7.34. The minimum atomic E-state index is -0.400. The molecule has 6 nitrogen and oxygen atoms in total. The Labute approximate surface area is 150 Å². The van der Waals surface area contributed by atoms with E-state index >= 15 is 0 Å². The zero-order valence-corrected chi connectivity index (χ0v) is 15.0. The van der Waals surface area contributed by atoms with E-state index in [-0.39, 0.29) is 18.1 Å². The molecule has 2 heterocycles. The predicted molar refractivity (Wildman–Crippen MR) is 97.2 cm³/mol. The number of aliphatic hydroxyl groups excluding tert-OH is 1. The lowest BCUT2D eigenvalue weighted by Crippen LogP contribution is -2.53. The lowest BCUT2D eigenvalue weighted by Gasteiger charge is -2.37. The van der Waals surface area contributed by atoms with Gasteiger partial charge in [-0.15, -0.1) is 0 Å². The van der Waals surface area contributed by atoms with E-state index < -0.39 is 6.10 Å². The van der Waals surface area contributed by atoms with Gasteiger partial charge < -0.3 is 15.7 Å². The van der Waals surface area contributed by atoms with Crippen LogP contribution >= 0.6 is 0 Å². The fraction of sp³-hybridized carbons (Fsp3) is 0.684. The maximum Gasteiger partial charge on any atom is 0.315 e. The first-order chi connectivity index (χ1) is 12.1. The molecule has 1 aliphatic carbocycles. The van der Waals surface area contributed by atoms with Gasteiger partial charge in [0.1, 0.15) is 0 Å².